The summed E-state index contributed by atoms with van der Waals surface area (Å²) < 4.78 is 16.8. The van der Waals surface area contributed by atoms with Crippen LogP contribution in [0.4, 0.5) is 0 Å². The first-order valence-corrected chi connectivity index (χ1v) is 12.9. The number of rotatable bonds is 8. The number of benzene rings is 3. The summed E-state index contributed by atoms with van der Waals surface area (Å²) >= 11 is 0. The van der Waals surface area contributed by atoms with Gasteiger partial charge >= 0.3 is 11.9 Å². The Labute approximate surface area is 229 Å². The third kappa shape index (κ3) is 6.70. The molecule has 0 N–H and O–H groups in total. The number of nitrogens with zero attached hydrogens (tertiary/aromatic N) is 1. The molecule has 1 aliphatic heterocycles. The van der Waals surface area contributed by atoms with E-state index in [4.69, 9.17) is 19.2 Å². The fraction of sp³-hybridized carbons (Fsp3) is 0.242. The normalized spacial score (nSPS) is 17.4. The zero-order valence-electron chi connectivity index (χ0n) is 22.3. The highest BCUT2D eigenvalue weighted by Gasteiger charge is 2.42. The largest absolute Gasteiger partial charge is 0.465 e. The van der Waals surface area contributed by atoms with Gasteiger partial charge in [-0.2, -0.15) is 0 Å². The molecule has 0 aromatic heterocycles. The Balaban J connectivity index is 1.80. The molecule has 1 heterocycles. The van der Waals surface area contributed by atoms with Crippen molar-refractivity contribution in [3.05, 3.63) is 113 Å². The Morgan fingerprint density at radius 3 is 2.13 bits per heavy atom. The molecule has 0 fully saturated rings. The summed E-state index contributed by atoms with van der Waals surface area (Å²) in [6, 6.07) is 28.3. The van der Waals surface area contributed by atoms with E-state index in [2.05, 4.69) is 11.8 Å². The van der Waals surface area contributed by atoms with Gasteiger partial charge in [0.25, 0.3) is 0 Å². The molecular formula is C33H31NO5. The lowest BCUT2D eigenvalue weighted by Gasteiger charge is -2.29. The molecule has 3 aromatic carbocycles. The molecule has 198 valence electrons. The number of ether oxygens (including phenoxy) is 3. The Bertz CT molecular complexity index is 1400. The zero-order valence-corrected chi connectivity index (χ0v) is 22.3. The Morgan fingerprint density at radius 1 is 0.897 bits per heavy atom. The molecule has 1 aliphatic rings. The van der Waals surface area contributed by atoms with Crippen LogP contribution < -0.4 is 0 Å². The molecule has 0 aliphatic carbocycles. The van der Waals surface area contributed by atoms with Crippen LogP contribution in [0.3, 0.4) is 0 Å². The molecule has 6 nitrogen and oxygen atoms in total. The van der Waals surface area contributed by atoms with Crippen LogP contribution in [0.25, 0.3) is 5.70 Å². The third-order valence-corrected chi connectivity index (χ3v) is 6.41. The number of esters is 2. The van der Waals surface area contributed by atoms with Crippen molar-refractivity contribution >= 4 is 23.3 Å². The van der Waals surface area contributed by atoms with Crippen molar-refractivity contribution in [2.24, 2.45) is 16.8 Å². The number of hydrogen-bond donors (Lipinski definition) is 0. The summed E-state index contributed by atoms with van der Waals surface area (Å²) in [7, 11) is 1.57. The number of carbonyl (C=O) groups is 2. The van der Waals surface area contributed by atoms with Crippen molar-refractivity contribution in [1.82, 2.24) is 0 Å². The van der Waals surface area contributed by atoms with Crippen molar-refractivity contribution in [3.8, 4) is 11.8 Å². The average molecular weight is 522 g/mol. The first kappa shape index (κ1) is 27.6. The van der Waals surface area contributed by atoms with Gasteiger partial charge in [-0.05, 0) is 31.5 Å². The van der Waals surface area contributed by atoms with Crippen molar-refractivity contribution in [1.29, 1.82) is 0 Å². The van der Waals surface area contributed by atoms with Crippen molar-refractivity contribution in [3.63, 3.8) is 0 Å². The molecule has 3 atom stereocenters. The van der Waals surface area contributed by atoms with Gasteiger partial charge in [0, 0.05) is 23.9 Å². The molecule has 3 aromatic rings. The van der Waals surface area contributed by atoms with Gasteiger partial charge in [-0.3, -0.25) is 9.79 Å². The highest BCUT2D eigenvalue weighted by molar-refractivity contribution is 6.11. The van der Waals surface area contributed by atoms with Gasteiger partial charge < -0.3 is 14.2 Å². The minimum absolute atomic E-state index is 0.0173. The standard InChI is InChI=1S/C33H31NO5/c1-4-38-32(35)29-23(2)34-31(26-18-12-7-13-19-26)30(27(29)21-20-24-14-8-5-9-15-24)33(36)39-22-28(37-3)25-16-10-6-11-17-25/h5-19,27-29H,4,22H2,1-3H3. The molecule has 3 unspecified atom stereocenters. The van der Waals surface area contributed by atoms with Gasteiger partial charge in [0.15, 0.2) is 0 Å². The van der Waals surface area contributed by atoms with Crippen LogP contribution in [0.15, 0.2) is 102 Å². The summed E-state index contributed by atoms with van der Waals surface area (Å²) in [6.07, 6.45) is -0.459. The molecule has 0 saturated carbocycles. The fourth-order valence-electron chi connectivity index (χ4n) is 4.47. The SMILES string of the molecule is CCOC(=O)C1C(C)=NC(c2ccccc2)=C(C(=O)OCC(OC)c2ccccc2)C1C#Cc1ccccc1. The molecule has 0 amide bonds. The summed E-state index contributed by atoms with van der Waals surface area (Å²) in [5, 5.41) is 0. The minimum atomic E-state index is -0.858. The second kappa shape index (κ2) is 13.4. The summed E-state index contributed by atoms with van der Waals surface area (Å²) in [5.41, 5.74) is 3.54. The number of hydrogen-bond acceptors (Lipinski definition) is 6. The van der Waals surface area contributed by atoms with Crippen LogP contribution in [0.2, 0.25) is 0 Å². The van der Waals surface area contributed by atoms with E-state index >= 15 is 0 Å². The van der Waals surface area contributed by atoms with Crippen LogP contribution in [-0.4, -0.2) is 38.0 Å². The lowest BCUT2D eigenvalue weighted by atomic mass is 9.79. The van der Waals surface area contributed by atoms with E-state index in [1.165, 1.54) is 0 Å². The smallest absolute Gasteiger partial charge is 0.337 e. The van der Waals surface area contributed by atoms with Crippen molar-refractivity contribution in [2.45, 2.75) is 20.0 Å². The summed E-state index contributed by atoms with van der Waals surface area (Å²) in [4.78, 5) is 31.8. The number of aliphatic imine (C=N–C) groups is 1. The van der Waals surface area contributed by atoms with Gasteiger partial charge in [0.05, 0.1) is 23.8 Å². The maximum absolute atomic E-state index is 13.9. The van der Waals surface area contributed by atoms with E-state index in [9.17, 15) is 9.59 Å². The predicted octanol–water partition coefficient (Wildman–Crippen LogP) is 5.65. The molecule has 0 bridgehead atoms. The second-order valence-corrected chi connectivity index (χ2v) is 8.96. The molecule has 39 heavy (non-hydrogen) atoms. The van der Waals surface area contributed by atoms with E-state index in [0.29, 0.717) is 11.4 Å². The molecule has 0 spiro atoms. The van der Waals surface area contributed by atoms with Crippen LogP contribution in [0, 0.1) is 23.7 Å². The third-order valence-electron chi connectivity index (χ3n) is 6.41. The highest BCUT2D eigenvalue weighted by atomic mass is 16.6. The summed E-state index contributed by atoms with van der Waals surface area (Å²) in [6.45, 7) is 3.69. The van der Waals surface area contributed by atoms with Gasteiger partial charge in [-0.1, -0.05) is 90.7 Å². The Morgan fingerprint density at radius 2 is 1.51 bits per heavy atom. The van der Waals surface area contributed by atoms with Gasteiger partial charge in [0.2, 0.25) is 0 Å². The van der Waals surface area contributed by atoms with E-state index in [0.717, 1.165) is 16.7 Å². The van der Waals surface area contributed by atoms with E-state index < -0.39 is 29.9 Å². The Kier molecular flexibility index (Phi) is 9.44. The highest BCUT2D eigenvalue weighted by Crippen LogP contribution is 2.37. The number of carbonyl (C=O) groups excluding carboxylic acids is 2. The van der Waals surface area contributed by atoms with Crippen molar-refractivity contribution in [2.75, 3.05) is 20.3 Å². The first-order valence-electron chi connectivity index (χ1n) is 12.9. The number of methoxy groups -OCH3 is 1. The minimum Gasteiger partial charge on any atom is -0.465 e. The molecule has 0 saturated heterocycles. The maximum Gasteiger partial charge on any atom is 0.337 e. The molecule has 4 rings (SSSR count). The van der Waals surface area contributed by atoms with Gasteiger partial charge in [0.1, 0.15) is 18.6 Å². The zero-order chi connectivity index (χ0) is 27.6. The van der Waals surface area contributed by atoms with Crippen LogP contribution in [0.5, 0.6) is 0 Å². The average Bonchev–Trinajstić information content (AvgIpc) is 2.97. The van der Waals surface area contributed by atoms with Gasteiger partial charge in [-0.15, -0.1) is 0 Å². The first-order chi connectivity index (χ1) is 19.0. The Hall–Kier alpha value is -4.47. The molecule has 0 radical (unpaired) electrons. The maximum atomic E-state index is 13.9. The molecular weight excluding hydrogens is 490 g/mol. The fourth-order valence-corrected chi connectivity index (χ4v) is 4.47. The van der Waals surface area contributed by atoms with Crippen LogP contribution in [0.1, 0.15) is 36.6 Å². The lowest BCUT2D eigenvalue weighted by Crippen LogP contribution is -2.37. The van der Waals surface area contributed by atoms with E-state index in [1.807, 2.05) is 91.0 Å². The second-order valence-electron chi connectivity index (χ2n) is 8.96. The lowest BCUT2D eigenvalue weighted by molar-refractivity contribution is -0.147. The molecule has 6 heteroatoms. The van der Waals surface area contributed by atoms with Crippen molar-refractivity contribution < 1.29 is 23.8 Å². The van der Waals surface area contributed by atoms with Crippen LogP contribution >= 0.6 is 0 Å². The van der Waals surface area contributed by atoms with Crippen LogP contribution in [-0.2, 0) is 23.8 Å². The monoisotopic (exact) mass is 521 g/mol. The van der Waals surface area contributed by atoms with Gasteiger partial charge in [-0.25, -0.2) is 4.79 Å². The van der Waals surface area contributed by atoms with E-state index in [1.54, 1.807) is 21.0 Å². The van der Waals surface area contributed by atoms with E-state index in [-0.39, 0.29) is 18.8 Å². The quantitative estimate of drug-likeness (QED) is 0.283. The topological polar surface area (TPSA) is 74.2 Å². The predicted molar refractivity (Wildman–Crippen MR) is 151 cm³/mol. The summed E-state index contributed by atoms with van der Waals surface area (Å²) in [5.74, 6) is 3.56.